The fourth-order valence-electron chi connectivity index (χ4n) is 2.59. The van der Waals surface area contributed by atoms with E-state index in [1.807, 2.05) is 0 Å². The van der Waals surface area contributed by atoms with Gasteiger partial charge in [-0.3, -0.25) is 14.6 Å². The molecular formula is C12H18Cl2N6O. The molecule has 0 saturated heterocycles. The number of amides is 1. The Hall–Kier alpha value is -1.57. The van der Waals surface area contributed by atoms with Crippen molar-refractivity contribution in [2.75, 3.05) is 6.54 Å². The molecule has 2 heterocycles. The van der Waals surface area contributed by atoms with E-state index in [1.165, 1.54) is 0 Å². The average molecular weight is 333 g/mol. The van der Waals surface area contributed by atoms with Gasteiger partial charge in [-0.05, 0) is 25.8 Å². The number of halogens is 2. The Bertz CT molecular complexity index is 636. The molecule has 0 spiro atoms. The van der Waals surface area contributed by atoms with Crippen molar-refractivity contribution in [3.63, 3.8) is 0 Å². The lowest BCUT2D eigenvalue weighted by molar-refractivity contribution is 0.0989. The fourth-order valence-corrected chi connectivity index (χ4v) is 2.59. The molecule has 116 valence electrons. The minimum atomic E-state index is -0.433. The molecule has 0 unspecified atom stereocenters. The third kappa shape index (κ3) is 2.90. The quantitative estimate of drug-likeness (QED) is 0.762. The summed E-state index contributed by atoms with van der Waals surface area (Å²) in [5, 5.41) is 11.5. The SMILES string of the molecule is Cl.Cl.NCCCn1nc2c(c1C(N)=O)CCc1[nH]ncc1-2. The summed E-state index contributed by atoms with van der Waals surface area (Å²) in [7, 11) is 0. The van der Waals surface area contributed by atoms with Gasteiger partial charge in [-0.1, -0.05) is 0 Å². The summed E-state index contributed by atoms with van der Waals surface area (Å²) in [5.41, 5.74) is 15.3. The van der Waals surface area contributed by atoms with E-state index < -0.39 is 5.91 Å². The first-order valence-electron chi connectivity index (χ1n) is 6.34. The number of hydrogen-bond acceptors (Lipinski definition) is 4. The smallest absolute Gasteiger partial charge is 0.267 e. The van der Waals surface area contributed by atoms with Gasteiger partial charge in [-0.2, -0.15) is 10.2 Å². The number of aromatic amines is 1. The Labute approximate surface area is 134 Å². The zero-order valence-corrected chi connectivity index (χ0v) is 13.0. The Morgan fingerprint density at radius 1 is 1.38 bits per heavy atom. The number of nitrogens with one attached hydrogen (secondary N) is 1. The van der Waals surface area contributed by atoms with Crippen molar-refractivity contribution >= 4 is 30.7 Å². The standard InChI is InChI=1S/C12H16N6O.2ClH/c13-4-1-5-18-11(12(14)19)7-2-3-9-8(6-15-16-9)10(7)17-18;;/h6H,1-5,13H2,(H2,14,19)(H,15,16);2*1H. The summed E-state index contributed by atoms with van der Waals surface area (Å²) in [6.07, 6.45) is 4.09. The van der Waals surface area contributed by atoms with E-state index in [9.17, 15) is 4.79 Å². The van der Waals surface area contributed by atoms with Crippen LogP contribution in [0.2, 0.25) is 0 Å². The molecule has 1 aliphatic rings. The number of aryl methyl sites for hydroxylation is 2. The number of nitrogens with two attached hydrogens (primary N) is 2. The molecule has 21 heavy (non-hydrogen) atoms. The van der Waals surface area contributed by atoms with Gasteiger partial charge < -0.3 is 11.5 Å². The summed E-state index contributed by atoms with van der Waals surface area (Å²) in [6.45, 7) is 1.16. The van der Waals surface area contributed by atoms with E-state index >= 15 is 0 Å². The summed E-state index contributed by atoms with van der Waals surface area (Å²) >= 11 is 0. The van der Waals surface area contributed by atoms with Crippen molar-refractivity contribution in [1.82, 2.24) is 20.0 Å². The van der Waals surface area contributed by atoms with Gasteiger partial charge in [0, 0.05) is 23.4 Å². The minimum Gasteiger partial charge on any atom is -0.364 e. The molecule has 1 amide bonds. The average Bonchev–Trinajstić information content (AvgIpc) is 2.98. The molecule has 0 aromatic carbocycles. The van der Waals surface area contributed by atoms with Crippen molar-refractivity contribution in [2.45, 2.75) is 25.8 Å². The predicted octanol–water partition coefficient (Wildman–Crippen LogP) is 0.663. The molecule has 2 aromatic heterocycles. The van der Waals surface area contributed by atoms with Gasteiger partial charge in [0.05, 0.1) is 11.9 Å². The molecule has 0 atom stereocenters. The van der Waals surface area contributed by atoms with Crippen LogP contribution in [-0.4, -0.2) is 32.4 Å². The molecule has 0 fully saturated rings. The molecule has 7 nitrogen and oxygen atoms in total. The van der Waals surface area contributed by atoms with Gasteiger partial charge in [0.2, 0.25) is 0 Å². The summed E-state index contributed by atoms with van der Waals surface area (Å²) < 4.78 is 1.68. The maximum atomic E-state index is 11.7. The normalized spacial score (nSPS) is 11.9. The van der Waals surface area contributed by atoms with Crippen LogP contribution in [0.1, 0.15) is 28.2 Å². The van der Waals surface area contributed by atoms with E-state index in [2.05, 4.69) is 15.3 Å². The largest absolute Gasteiger partial charge is 0.364 e. The van der Waals surface area contributed by atoms with Crippen LogP contribution < -0.4 is 11.5 Å². The zero-order valence-electron chi connectivity index (χ0n) is 11.3. The first-order chi connectivity index (χ1) is 9.22. The van der Waals surface area contributed by atoms with Gasteiger partial charge in [-0.25, -0.2) is 0 Å². The minimum absolute atomic E-state index is 0. The van der Waals surface area contributed by atoms with Gasteiger partial charge in [0.15, 0.2) is 0 Å². The van der Waals surface area contributed by atoms with Gasteiger partial charge >= 0.3 is 0 Å². The number of fused-ring (bicyclic) bond motifs is 3. The molecule has 9 heteroatoms. The van der Waals surface area contributed by atoms with Gasteiger partial charge in [-0.15, -0.1) is 24.8 Å². The molecule has 0 radical (unpaired) electrons. The van der Waals surface area contributed by atoms with Crippen molar-refractivity contribution in [3.05, 3.63) is 23.1 Å². The maximum absolute atomic E-state index is 11.7. The highest BCUT2D eigenvalue weighted by atomic mass is 35.5. The Balaban J connectivity index is 0.00000110. The molecule has 1 aliphatic carbocycles. The number of nitrogens with zero attached hydrogens (tertiary/aromatic N) is 3. The predicted molar refractivity (Wildman–Crippen MR) is 83.9 cm³/mol. The van der Waals surface area contributed by atoms with Crippen molar-refractivity contribution < 1.29 is 4.79 Å². The van der Waals surface area contributed by atoms with Crippen LogP contribution in [0.25, 0.3) is 11.3 Å². The van der Waals surface area contributed by atoms with Crippen LogP contribution in [0.5, 0.6) is 0 Å². The summed E-state index contributed by atoms with van der Waals surface area (Å²) in [5.74, 6) is -0.433. The number of rotatable bonds is 4. The highest BCUT2D eigenvalue weighted by molar-refractivity contribution is 5.95. The van der Waals surface area contributed by atoms with Gasteiger partial charge in [0.25, 0.3) is 5.91 Å². The van der Waals surface area contributed by atoms with Crippen molar-refractivity contribution in [3.8, 4) is 11.3 Å². The second-order valence-corrected chi connectivity index (χ2v) is 4.67. The van der Waals surface area contributed by atoms with E-state index in [1.54, 1.807) is 10.9 Å². The Kier molecular flexibility index (Phi) is 5.77. The highest BCUT2D eigenvalue weighted by Gasteiger charge is 2.27. The number of carbonyl (C=O) groups is 1. The molecule has 5 N–H and O–H groups in total. The topological polar surface area (TPSA) is 116 Å². The lowest BCUT2D eigenvalue weighted by Crippen LogP contribution is -2.20. The monoisotopic (exact) mass is 332 g/mol. The van der Waals surface area contributed by atoms with Crippen molar-refractivity contribution in [1.29, 1.82) is 0 Å². The number of aromatic nitrogens is 4. The zero-order chi connectivity index (χ0) is 13.4. The molecule has 0 aliphatic heterocycles. The first-order valence-corrected chi connectivity index (χ1v) is 6.34. The second-order valence-electron chi connectivity index (χ2n) is 4.67. The lowest BCUT2D eigenvalue weighted by Gasteiger charge is -2.10. The van der Waals surface area contributed by atoms with Crippen molar-refractivity contribution in [2.24, 2.45) is 11.5 Å². The third-order valence-corrected chi connectivity index (χ3v) is 3.46. The number of primary amides is 1. The summed E-state index contributed by atoms with van der Waals surface area (Å²) in [6, 6.07) is 0. The fraction of sp³-hybridized carbons (Fsp3) is 0.417. The molecule has 0 bridgehead atoms. The highest BCUT2D eigenvalue weighted by Crippen LogP contribution is 2.33. The Morgan fingerprint density at radius 3 is 2.81 bits per heavy atom. The Morgan fingerprint density at radius 2 is 2.14 bits per heavy atom. The first kappa shape index (κ1) is 17.5. The molecule has 3 rings (SSSR count). The number of hydrogen-bond donors (Lipinski definition) is 3. The van der Waals surface area contributed by atoms with Crippen LogP contribution >= 0.6 is 24.8 Å². The van der Waals surface area contributed by atoms with E-state index in [0.29, 0.717) is 18.8 Å². The van der Waals surface area contributed by atoms with E-state index in [0.717, 1.165) is 41.8 Å². The second kappa shape index (κ2) is 6.93. The van der Waals surface area contributed by atoms with Crippen LogP contribution in [-0.2, 0) is 19.4 Å². The number of carbonyl (C=O) groups excluding carboxylic acids is 1. The molecule has 2 aromatic rings. The van der Waals surface area contributed by atoms with Crippen LogP contribution in [0, 0.1) is 0 Å². The molecular weight excluding hydrogens is 315 g/mol. The maximum Gasteiger partial charge on any atom is 0.267 e. The van der Waals surface area contributed by atoms with Crippen LogP contribution in [0.3, 0.4) is 0 Å². The number of H-pyrrole nitrogens is 1. The van der Waals surface area contributed by atoms with E-state index in [-0.39, 0.29) is 24.8 Å². The lowest BCUT2D eigenvalue weighted by atomic mass is 9.94. The molecule has 0 saturated carbocycles. The van der Waals surface area contributed by atoms with Crippen LogP contribution in [0.15, 0.2) is 6.20 Å². The van der Waals surface area contributed by atoms with E-state index in [4.69, 9.17) is 11.5 Å². The van der Waals surface area contributed by atoms with Crippen LogP contribution in [0.4, 0.5) is 0 Å². The summed E-state index contributed by atoms with van der Waals surface area (Å²) in [4.78, 5) is 11.7. The van der Waals surface area contributed by atoms with Gasteiger partial charge in [0.1, 0.15) is 5.69 Å². The third-order valence-electron chi connectivity index (χ3n) is 3.46.